The van der Waals surface area contributed by atoms with Crippen LogP contribution in [0.4, 0.5) is 14.5 Å². The molecule has 0 atom stereocenters. The van der Waals surface area contributed by atoms with E-state index in [-0.39, 0.29) is 17.0 Å². The number of carboxylic acids is 1. The molecule has 27 heavy (non-hydrogen) atoms. The summed E-state index contributed by atoms with van der Waals surface area (Å²) in [7, 11) is 0. The molecule has 0 unspecified atom stereocenters. The zero-order valence-corrected chi connectivity index (χ0v) is 14.8. The summed E-state index contributed by atoms with van der Waals surface area (Å²) < 4.78 is 30.0. The van der Waals surface area contributed by atoms with Gasteiger partial charge in [-0.3, -0.25) is 4.98 Å². The number of benzene rings is 1. The van der Waals surface area contributed by atoms with Crippen molar-refractivity contribution in [2.45, 2.75) is 26.9 Å². The Morgan fingerprint density at radius 1 is 1.37 bits per heavy atom. The molecule has 2 aromatic rings. The van der Waals surface area contributed by atoms with Gasteiger partial charge in [-0.25, -0.2) is 4.79 Å². The van der Waals surface area contributed by atoms with Gasteiger partial charge in [0.1, 0.15) is 5.75 Å². The van der Waals surface area contributed by atoms with Gasteiger partial charge < -0.3 is 20.6 Å². The van der Waals surface area contributed by atoms with E-state index in [1.807, 2.05) is 0 Å². The molecule has 0 fully saturated rings. The van der Waals surface area contributed by atoms with Gasteiger partial charge >= 0.3 is 12.6 Å². The standard InChI is InChI=1S/C19H19F2N3O3/c1-3-15(17(11(2)22)18(25)26)24-13-6-7-16(27-19(20)21)14(9-13)12-5-4-8-23-10-12/h4-10,19,22,24H,3H2,1-2H3,(H,25,26)/b17-15+,22-11?. The summed E-state index contributed by atoms with van der Waals surface area (Å²) >= 11 is 0. The van der Waals surface area contributed by atoms with Crippen LogP contribution in [0.5, 0.6) is 5.75 Å². The van der Waals surface area contributed by atoms with E-state index < -0.39 is 12.6 Å². The number of alkyl halides is 2. The number of rotatable bonds is 8. The summed E-state index contributed by atoms with van der Waals surface area (Å²) in [5.74, 6) is -1.23. The van der Waals surface area contributed by atoms with E-state index in [1.165, 1.54) is 25.3 Å². The van der Waals surface area contributed by atoms with Crippen LogP contribution in [0.25, 0.3) is 11.1 Å². The van der Waals surface area contributed by atoms with Crippen LogP contribution in [-0.2, 0) is 4.79 Å². The molecular weight excluding hydrogens is 356 g/mol. The van der Waals surface area contributed by atoms with Crippen LogP contribution >= 0.6 is 0 Å². The van der Waals surface area contributed by atoms with E-state index in [0.717, 1.165) is 0 Å². The molecule has 0 amide bonds. The van der Waals surface area contributed by atoms with Crippen molar-refractivity contribution >= 4 is 17.4 Å². The summed E-state index contributed by atoms with van der Waals surface area (Å²) in [5, 5.41) is 20.0. The van der Waals surface area contributed by atoms with Crippen molar-refractivity contribution in [1.82, 2.24) is 4.98 Å². The van der Waals surface area contributed by atoms with Gasteiger partial charge in [-0.05, 0) is 37.6 Å². The fraction of sp³-hybridized carbons (Fsp3) is 0.211. The molecule has 2 rings (SSSR count). The molecule has 0 bridgehead atoms. The smallest absolute Gasteiger partial charge is 0.387 e. The van der Waals surface area contributed by atoms with Gasteiger partial charge in [0.15, 0.2) is 0 Å². The monoisotopic (exact) mass is 375 g/mol. The number of pyridine rings is 1. The number of carbonyl (C=O) groups is 1. The maximum absolute atomic E-state index is 12.7. The maximum atomic E-state index is 12.7. The van der Waals surface area contributed by atoms with Crippen molar-refractivity contribution < 1.29 is 23.4 Å². The second-order valence-corrected chi connectivity index (χ2v) is 5.59. The van der Waals surface area contributed by atoms with Crippen LogP contribution < -0.4 is 10.1 Å². The molecule has 8 heteroatoms. The SMILES string of the molecule is CC/C(Nc1ccc(OC(F)F)c(-c2cccnc2)c1)=C(/C(C)=N)C(=O)O. The molecule has 0 spiro atoms. The van der Waals surface area contributed by atoms with Gasteiger partial charge in [0.2, 0.25) is 0 Å². The summed E-state index contributed by atoms with van der Waals surface area (Å²) in [6, 6.07) is 7.82. The fourth-order valence-electron chi connectivity index (χ4n) is 2.57. The second kappa shape index (κ2) is 8.88. The number of hydrogen-bond donors (Lipinski definition) is 3. The molecule has 0 saturated carbocycles. The van der Waals surface area contributed by atoms with Gasteiger partial charge in [0, 0.05) is 40.6 Å². The normalized spacial score (nSPS) is 11.7. The quantitative estimate of drug-likeness (QED) is 0.465. The third kappa shape index (κ3) is 5.10. The number of nitrogens with zero attached hydrogens (tertiary/aromatic N) is 1. The Hall–Kier alpha value is -3.29. The minimum atomic E-state index is -2.98. The lowest BCUT2D eigenvalue weighted by Crippen LogP contribution is -2.16. The lowest BCUT2D eigenvalue weighted by molar-refractivity contribution is -0.132. The summed E-state index contributed by atoms with van der Waals surface area (Å²) in [6.07, 6.45) is 3.41. The Morgan fingerprint density at radius 3 is 2.63 bits per heavy atom. The van der Waals surface area contributed by atoms with Crippen molar-refractivity contribution in [3.05, 3.63) is 54.0 Å². The molecule has 0 aliphatic rings. The van der Waals surface area contributed by atoms with E-state index >= 15 is 0 Å². The van der Waals surface area contributed by atoms with Crippen LogP contribution in [0.1, 0.15) is 20.3 Å². The Morgan fingerprint density at radius 2 is 2.11 bits per heavy atom. The number of halogens is 2. The average Bonchev–Trinajstić information content (AvgIpc) is 2.62. The zero-order valence-electron chi connectivity index (χ0n) is 14.8. The first-order valence-corrected chi connectivity index (χ1v) is 8.11. The fourth-order valence-corrected chi connectivity index (χ4v) is 2.57. The van der Waals surface area contributed by atoms with E-state index in [2.05, 4.69) is 15.0 Å². The highest BCUT2D eigenvalue weighted by atomic mass is 19.3. The average molecular weight is 375 g/mol. The molecular formula is C19H19F2N3O3. The van der Waals surface area contributed by atoms with E-state index in [9.17, 15) is 18.7 Å². The highest BCUT2D eigenvalue weighted by Crippen LogP contribution is 2.34. The Bertz CT molecular complexity index is 852. The van der Waals surface area contributed by atoms with E-state index in [4.69, 9.17) is 5.41 Å². The highest BCUT2D eigenvalue weighted by molar-refractivity contribution is 6.17. The summed E-state index contributed by atoms with van der Waals surface area (Å²) in [5.41, 5.74) is 1.56. The van der Waals surface area contributed by atoms with Gasteiger partial charge in [-0.2, -0.15) is 8.78 Å². The minimum Gasteiger partial charge on any atom is -0.478 e. The first-order valence-electron chi connectivity index (χ1n) is 8.11. The van der Waals surface area contributed by atoms with Gasteiger partial charge in [0.05, 0.1) is 5.57 Å². The third-order valence-corrected chi connectivity index (χ3v) is 3.71. The van der Waals surface area contributed by atoms with Crippen molar-refractivity contribution in [1.29, 1.82) is 5.41 Å². The molecule has 1 heterocycles. The molecule has 142 valence electrons. The van der Waals surface area contributed by atoms with Crippen LogP contribution in [-0.4, -0.2) is 28.4 Å². The Labute approximate surface area is 155 Å². The molecule has 1 aromatic heterocycles. The number of nitrogens with one attached hydrogen (secondary N) is 2. The largest absolute Gasteiger partial charge is 0.478 e. The predicted molar refractivity (Wildman–Crippen MR) is 98.3 cm³/mol. The molecule has 1 aromatic carbocycles. The number of aromatic nitrogens is 1. The number of carboxylic acid groups (broad SMARTS) is 1. The predicted octanol–water partition coefficient (Wildman–Crippen LogP) is 4.55. The Balaban J connectivity index is 2.51. The molecule has 0 radical (unpaired) electrons. The molecule has 0 saturated heterocycles. The van der Waals surface area contributed by atoms with Gasteiger partial charge in [-0.1, -0.05) is 13.0 Å². The number of allylic oxidation sites excluding steroid dienone is 1. The first kappa shape index (κ1) is 20.0. The first-order chi connectivity index (χ1) is 12.8. The molecule has 3 N–H and O–H groups in total. The van der Waals surface area contributed by atoms with Crippen molar-refractivity contribution in [2.24, 2.45) is 0 Å². The summed E-state index contributed by atoms with van der Waals surface area (Å²) in [4.78, 5) is 15.4. The number of hydrogen-bond acceptors (Lipinski definition) is 5. The Kier molecular flexibility index (Phi) is 6.59. The highest BCUT2D eigenvalue weighted by Gasteiger charge is 2.17. The van der Waals surface area contributed by atoms with Crippen molar-refractivity contribution in [2.75, 3.05) is 5.32 Å². The van der Waals surface area contributed by atoms with Crippen LogP contribution in [0.3, 0.4) is 0 Å². The van der Waals surface area contributed by atoms with Crippen molar-refractivity contribution in [3.8, 4) is 16.9 Å². The third-order valence-electron chi connectivity index (χ3n) is 3.71. The van der Waals surface area contributed by atoms with Crippen molar-refractivity contribution in [3.63, 3.8) is 0 Å². The van der Waals surface area contributed by atoms with Crippen LogP contribution in [0.2, 0.25) is 0 Å². The van der Waals surface area contributed by atoms with E-state index in [0.29, 0.717) is 28.9 Å². The van der Waals surface area contributed by atoms with Gasteiger partial charge in [-0.15, -0.1) is 0 Å². The molecule has 6 nitrogen and oxygen atoms in total. The number of anilines is 1. The number of ether oxygens (including phenoxy) is 1. The summed E-state index contributed by atoms with van der Waals surface area (Å²) in [6.45, 7) is 0.163. The van der Waals surface area contributed by atoms with E-state index in [1.54, 1.807) is 31.3 Å². The maximum Gasteiger partial charge on any atom is 0.387 e. The van der Waals surface area contributed by atoms with Crippen LogP contribution in [0, 0.1) is 5.41 Å². The lowest BCUT2D eigenvalue weighted by atomic mass is 10.0. The van der Waals surface area contributed by atoms with Gasteiger partial charge in [0.25, 0.3) is 0 Å². The number of aliphatic carboxylic acids is 1. The lowest BCUT2D eigenvalue weighted by Gasteiger charge is -2.16. The zero-order chi connectivity index (χ0) is 20.0. The molecule has 0 aliphatic heterocycles. The minimum absolute atomic E-state index is 0.0210. The van der Waals surface area contributed by atoms with Crippen LogP contribution in [0.15, 0.2) is 54.0 Å². The second-order valence-electron chi connectivity index (χ2n) is 5.59. The molecule has 0 aliphatic carbocycles. The topological polar surface area (TPSA) is 95.3 Å².